The highest BCUT2D eigenvalue weighted by Crippen LogP contribution is 2.25. The standard InChI is InChI=1S/C15H15N2O2P/c1-16-11-12(6-4-3-5-9-20-2)14-8-7-13(17(18)19)10-15(14)16/h2-5,7-11,20H,6H2,1H3/b4-3-,9-5-. The van der Waals surface area contributed by atoms with E-state index in [4.69, 9.17) is 6.13 Å². The minimum atomic E-state index is -0.371. The Morgan fingerprint density at radius 2 is 2.25 bits per heavy atom. The Bertz CT molecular complexity index is 751. The summed E-state index contributed by atoms with van der Waals surface area (Å²) in [7, 11) is 2.22. The molecule has 0 radical (unpaired) electrons. The predicted octanol–water partition coefficient (Wildman–Crippen LogP) is 3.97. The van der Waals surface area contributed by atoms with Gasteiger partial charge in [0.2, 0.25) is 0 Å². The van der Waals surface area contributed by atoms with Gasteiger partial charge in [0.05, 0.1) is 10.4 Å². The molecule has 0 spiro atoms. The molecule has 1 heterocycles. The Kier molecular flexibility index (Phi) is 4.41. The summed E-state index contributed by atoms with van der Waals surface area (Å²) < 4.78 is 1.92. The zero-order valence-electron chi connectivity index (χ0n) is 11.1. The van der Waals surface area contributed by atoms with Crippen molar-refractivity contribution in [3.8, 4) is 6.13 Å². The Balaban J connectivity index is 2.32. The normalized spacial score (nSPS) is 12.0. The average Bonchev–Trinajstić information content (AvgIpc) is 2.75. The number of aryl methyl sites for hydroxylation is 1. The molecule has 0 bridgehead atoms. The van der Waals surface area contributed by atoms with Crippen LogP contribution in [-0.2, 0) is 13.5 Å². The summed E-state index contributed by atoms with van der Waals surface area (Å²) in [6.45, 7) is 0. The number of aromatic nitrogens is 1. The van der Waals surface area contributed by atoms with E-state index in [9.17, 15) is 10.1 Å². The van der Waals surface area contributed by atoms with Crippen LogP contribution >= 0.6 is 8.04 Å². The molecule has 20 heavy (non-hydrogen) atoms. The monoisotopic (exact) mass is 286 g/mol. The van der Waals surface area contributed by atoms with Gasteiger partial charge < -0.3 is 4.57 Å². The molecular weight excluding hydrogens is 271 g/mol. The second kappa shape index (κ2) is 6.25. The number of hydrogen-bond acceptors (Lipinski definition) is 2. The van der Waals surface area contributed by atoms with Crippen LogP contribution in [0.15, 0.2) is 48.4 Å². The maximum Gasteiger partial charge on any atom is 0.271 e. The molecule has 0 saturated heterocycles. The zero-order chi connectivity index (χ0) is 14.5. The number of benzene rings is 1. The van der Waals surface area contributed by atoms with Gasteiger partial charge >= 0.3 is 0 Å². The van der Waals surface area contributed by atoms with Gasteiger partial charge in [-0.15, -0.1) is 14.2 Å². The summed E-state index contributed by atoms with van der Waals surface area (Å²) in [5, 5.41) is 11.9. The molecular formula is C15H15N2O2P. The second-order valence-corrected chi connectivity index (χ2v) is 5.05. The topological polar surface area (TPSA) is 48.1 Å². The third kappa shape index (κ3) is 3.00. The summed E-state index contributed by atoms with van der Waals surface area (Å²) in [5.74, 6) is 1.91. The van der Waals surface area contributed by atoms with Gasteiger partial charge in [0, 0.05) is 30.8 Å². The fourth-order valence-corrected chi connectivity index (χ4v) is 2.34. The number of fused-ring (bicyclic) bond motifs is 1. The SMILES string of the molecule is C#[PH]/C=C\C=C/Cc1cn(C)c2cc([N+](=O)[O-])ccc12. The van der Waals surface area contributed by atoms with Gasteiger partial charge in [-0.1, -0.05) is 18.2 Å². The van der Waals surface area contributed by atoms with Crippen molar-refractivity contribution < 1.29 is 4.92 Å². The van der Waals surface area contributed by atoms with E-state index in [1.807, 2.05) is 47.9 Å². The van der Waals surface area contributed by atoms with E-state index in [0.717, 1.165) is 22.9 Å². The van der Waals surface area contributed by atoms with Crippen molar-refractivity contribution in [1.29, 1.82) is 0 Å². The molecule has 1 unspecified atom stereocenters. The average molecular weight is 286 g/mol. The van der Waals surface area contributed by atoms with Gasteiger partial charge in [0.15, 0.2) is 0 Å². The van der Waals surface area contributed by atoms with Crippen LogP contribution in [0.25, 0.3) is 10.9 Å². The molecule has 102 valence electrons. The number of hydrogen-bond donors (Lipinski definition) is 0. The van der Waals surface area contributed by atoms with Crippen molar-refractivity contribution in [2.24, 2.45) is 7.05 Å². The Labute approximate surface area is 118 Å². The lowest BCUT2D eigenvalue weighted by atomic mass is 10.1. The van der Waals surface area contributed by atoms with Crippen LogP contribution in [-0.4, -0.2) is 9.49 Å². The quantitative estimate of drug-likeness (QED) is 0.369. The van der Waals surface area contributed by atoms with Crippen LogP contribution in [0.3, 0.4) is 0 Å². The van der Waals surface area contributed by atoms with Gasteiger partial charge in [-0.2, -0.15) is 0 Å². The Hall–Kier alpha value is -2.28. The number of non-ortho nitro benzene ring substituents is 1. The molecule has 1 atom stereocenters. The minimum absolute atomic E-state index is 0.118. The molecule has 0 amide bonds. The van der Waals surface area contributed by atoms with Gasteiger partial charge in [0.25, 0.3) is 5.69 Å². The number of allylic oxidation sites excluding steroid dienone is 3. The third-order valence-corrected chi connectivity index (χ3v) is 3.43. The Morgan fingerprint density at radius 3 is 2.95 bits per heavy atom. The van der Waals surface area contributed by atoms with E-state index in [2.05, 4.69) is 0 Å². The lowest BCUT2D eigenvalue weighted by molar-refractivity contribution is -0.384. The lowest BCUT2D eigenvalue weighted by Crippen LogP contribution is -1.89. The summed E-state index contributed by atoms with van der Waals surface area (Å²) in [6.07, 6.45) is 14.1. The first-order valence-corrected chi connectivity index (χ1v) is 7.29. The van der Waals surface area contributed by atoms with Crippen LogP contribution in [0.4, 0.5) is 5.69 Å². The smallest absolute Gasteiger partial charge is 0.271 e. The van der Waals surface area contributed by atoms with Crippen molar-refractivity contribution in [2.45, 2.75) is 6.42 Å². The molecule has 0 aliphatic carbocycles. The number of rotatable bonds is 4. The molecule has 0 aliphatic heterocycles. The number of nitro benzene ring substituents is 1. The molecule has 2 aromatic rings. The van der Waals surface area contributed by atoms with Crippen molar-refractivity contribution >= 4 is 24.6 Å². The second-order valence-electron chi connectivity index (χ2n) is 4.38. The van der Waals surface area contributed by atoms with Crippen LogP contribution in [0, 0.1) is 16.2 Å². The van der Waals surface area contributed by atoms with Gasteiger partial charge in [0.1, 0.15) is 0 Å². The van der Waals surface area contributed by atoms with E-state index >= 15 is 0 Å². The van der Waals surface area contributed by atoms with Crippen molar-refractivity contribution in [3.05, 3.63) is 64.1 Å². The maximum atomic E-state index is 10.8. The van der Waals surface area contributed by atoms with Crippen molar-refractivity contribution in [2.75, 3.05) is 0 Å². The molecule has 0 saturated carbocycles. The molecule has 2 rings (SSSR count). The highest BCUT2D eigenvalue weighted by molar-refractivity contribution is 7.29. The third-order valence-electron chi connectivity index (χ3n) is 3.04. The van der Waals surface area contributed by atoms with Crippen LogP contribution < -0.4 is 0 Å². The summed E-state index contributed by atoms with van der Waals surface area (Å²) >= 11 is 0. The fourth-order valence-electron chi connectivity index (χ4n) is 2.12. The number of nitrogens with zero attached hydrogens (tertiary/aromatic N) is 2. The van der Waals surface area contributed by atoms with E-state index in [-0.39, 0.29) is 10.6 Å². The van der Waals surface area contributed by atoms with Crippen molar-refractivity contribution in [3.63, 3.8) is 0 Å². The number of nitro groups is 1. The van der Waals surface area contributed by atoms with E-state index < -0.39 is 0 Å². The largest absolute Gasteiger partial charge is 0.350 e. The molecule has 5 heteroatoms. The highest BCUT2D eigenvalue weighted by atomic mass is 31.0. The van der Waals surface area contributed by atoms with E-state index in [1.54, 1.807) is 12.1 Å². The molecule has 1 aromatic heterocycles. The van der Waals surface area contributed by atoms with Crippen molar-refractivity contribution in [1.82, 2.24) is 4.57 Å². The van der Waals surface area contributed by atoms with Crippen LogP contribution in [0.2, 0.25) is 0 Å². The first-order chi connectivity index (χ1) is 9.63. The molecule has 0 N–H and O–H groups in total. The van der Waals surface area contributed by atoms with Gasteiger partial charge in [-0.05, 0) is 23.9 Å². The lowest BCUT2D eigenvalue weighted by Gasteiger charge is -1.96. The highest BCUT2D eigenvalue weighted by Gasteiger charge is 2.11. The molecule has 1 aromatic carbocycles. The zero-order valence-corrected chi connectivity index (χ0v) is 12.1. The van der Waals surface area contributed by atoms with Crippen LogP contribution in [0.5, 0.6) is 0 Å². The van der Waals surface area contributed by atoms with E-state index in [1.165, 1.54) is 0 Å². The first kappa shape index (κ1) is 14.1. The molecule has 4 nitrogen and oxygen atoms in total. The van der Waals surface area contributed by atoms with Crippen LogP contribution in [0.1, 0.15) is 5.56 Å². The molecule has 0 fully saturated rings. The first-order valence-electron chi connectivity index (χ1n) is 6.13. The predicted molar refractivity (Wildman–Crippen MR) is 84.8 cm³/mol. The summed E-state index contributed by atoms with van der Waals surface area (Å²) in [6, 6.07) is 4.97. The van der Waals surface area contributed by atoms with E-state index in [0.29, 0.717) is 8.04 Å². The Morgan fingerprint density at radius 1 is 1.45 bits per heavy atom. The maximum absolute atomic E-state index is 10.8. The fraction of sp³-hybridized carbons (Fsp3) is 0.133. The summed E-state index contributed by atoms with van der Waals surface area (Å²) in [5.41, 5.74) is 2.14. The summed E-state index contributed by atoms with van der Waals surface area (Å²) in [4.78, 5) is 10.4. The molecule has 0 aliphatic rings. The van der Waals surface area contributed by atoms with Gasteiger partial charge in [-0.3, -0.25) is 10.1 Å². The van der Waals surface area contributed by atoms with Gasteiger partial charge in [-0.25, -0.2) is 0 Å². The minimum Gasteiger partial charge on any atom is -0.350 e.